The smallest absolute Gasteiger partial charge is 0.164 e. The molecule has 0 spiro atoms. The lowest BCUT2D eigenvalue weighted by Crippen LogP contribution is -2.00. The van der Waals surface area contributed by atoms with Crippen LogP contribution in [0.25, 0.3) is 89.5 Å². The highest BCUT2D eigenvalue weighted by Crippen LogP contribution is 2.38. The van der Waals surface area contributed by atoms with Gasteiger partial charge in [0.05, 0.1) is 20.6 Å². The van der Waals surface area contributed by atoms with E-state index in [4.69, 9.17) is 37.2 Å². The van der Waals surface area contributed by atoms with E-state index in [1.54, 1.807) is 72.8 Å². The zero-order valence-corrected chi connectivity index (χ0v) is 25.3. The molecule has 230 valence electrons. The summed E-state index contributed by atoms with van der Waals surface area (Å²) in [5.74, 6) is 0.100. The van der Waals surface area contributed by atoms with Crippen molar-refractivity contribution in [2.45, 2.75) is 0 Å². The summed E-state index contributed by atoms with van der Waals surface area (Å²) < 4.78 is 136. The Hall–Kier alpha value is -6.65. The highest BCUT2D eigenvalue weighted by molar-refractivity contribution is 6.12. The van der Waals surface area contributed by atoms with Crippen molar-refractivity contribution < 1.29 is 25.0 Å². The number of benzene rings is 7. The van der Waals surface area contributed by atoms with Gasteiger partial charge in [0.1, 0.15) is 11.2 Å². The number of fused-ring (bicyclic) bond motifs is 3. The lowest BCUT2D eigenvalue weighted by Gasteiger charge is -2.10. The van der Waals surface area contributed by atoms with E-state index in [-0.39, 0.29) is 79.8 Å². The van der Waals surface area contributed by atoms with Gasteiger partial charge >= 0.3 is 0 Å². The molecule has 4 heteroatoms. The third-order valence-corrected chi connectivity index (χ3v) is 7.83. The van der Waals surface area contributed by atoms with Gasteiger partial charge in [-0.2, -0.15) is 0 Å². The Bertz CT molecular complexity index is 3380. The molecule has 0 aliphatic rings. The lowest BCUT2D eigenvalue weighted by atomic mass is 9.99. The summed E-state index contributed by atoms with van der Waals surface area (Å²) in [6.45, 7) is 0. The second kappa shape index (κ2) is 12.2. The number of furan rings is 1. The van der Waals surface area contributed by atoms with Crippen molar-refractivity contribution >= 4 is 21.9 Å². The van der Waals surface area contributed by atoms with Gasteiger partial charge in [-0.05, 0) is 51.5 Å². The quantitative estimate of drug-likeness (QED) is 0.181. The molecule has 2 aromatic heterocycles. The van der Waals surface area contributed by atoms with Crippen LogP contribution in [0, 0.1) is 0 Å². The van der Waals surface area contributed by atoms with Gasteiger partial charge in [0.15, 0.2) is 17.5 Å². The minimum Gasteiger partial charge on any atom is -0.456 e. The molecule has 0 aliphatic carbocycles. The molecule has 9 aromatic rings. The number of nitrogens with zero attached hydrogens (tertiary/aromatic N) is 3. The first-order valence-corrected chi connectivity index (χ1v) is 15.1. The van der Waals surface area contributed by atoms with Crippen LogP contribution in [0.1, 0.15) is 20.6 Å². The average Bonchev–Trinajstić information content (AvgIpc) is 3.71. The number of aromatic nitrogens is 3. The summed E-state index contributed by atoms with van der Waals surface area (Å²) >= 11 is 0. The SMILES string of the molecule is [2H]c1c([2H])c([2H])c(-c2c([2H])c([2H])c(-c3ccc(-c4nc(-c5ccccc5)nc(-c5c([2H])c([2H])c([2H])c6oc7c([2H])c([2H])c(-c8ccccc8)c([2H])c7c56)n4)cc3)c([2H])c2[2H])c([2H])c1[2H]. The predicted octanol–water partition coefficient (Wildman–Crippen LogP) is 11.8. The third-order valence-electron chi connectivity index (χ3n) is 7.83. The largest absolute Gasteiger partial charge is 0.456 e. The van der Waals surface area contributed by atoms with Crippen molar-refractivity contribution in [3.05, 3.63) is 176 Å². The highest BCUT2D eigenvalue weighted by atomic mass is 16.3. The first-order valence-electron chi connectivity index (χ1n) is 22.6. The first-order chi connectivity index (χ1) is 30.5. The molecule has 2 heterocycles. The fourth-order valence-corrected chi connectivity index (χ4v) is 5.45. The molecule has 0 unspecified atom stereocenters. The molecule has 9 rings (SSSR count). The van der Waals surface area contributed by atoms with Gasteiger partial charge in [-0.3, -0.25) is 0 Å². The van der Waals surface area contributed by atoms with E-state index in [2.05, 4.69) is 0 Å². The van der Waals surface area contributed by atoms with Crippen molar-refractivity contribution in [3.63, 3.8) is 0 Å². The Kier molecular flexibility index (Phi) is 4.21. The van der Waals surface area contributed by atoms with Gasteiger partial charge in [0.25, 0.3) is 0 Å². The minimum atomic E-state index is -0.678. The van der Waals surface area contributed by atoms with Crippen LogP contribution < -0.4 is 0 Å². The second-order valence-corrected chi connectivity index (χ2v) is 10.9. The van der Waals surface area contributed by atoms with E-state index in [9.17, 15) is 2.74 Å². The Balaban J connectivity index is 1.25. The van der Waals surface area contributed by atoms with Crippen LogP contribution in [-0.2, 0) is 0 Å². The van der Waals surface area contributed by atoms with Gasteiger partial charge in [-0.25, -0.2) is 15.0 Å². The maximum atomic E-state index is 9.39. The van der Waals surface area contributed by atoms with Gasteiger partial charge < -0.3 is 4.42 Å². The third kappa shape index (κ3) is 5.45. The van der Waals surface area contributed by atoms with Crippen LogP contribution in [0.2, 0.25) is 0 Å². The summed E-state index contributed by atoms with van der Waals surface area (Å²) in [6.07, 6.45) is 0. The fourth-order valence-electron chi connectivity index (χ4n) is 5.45. The van der Waals surface area contributed by atoms with Crippen molar-refractivity contribution in [3.8, 4) is 67.5 Å². The Morgan fingerprint density at radius 1 is 0.388 bits per heavy atom. The van der Waals surface area contributed by atoms with Crippen LogP contribution in [0.4, 0.5) is 0 Å². The molecule has 0 fully saturated rings. The minimum absolute atomic E-state index is 0.0388. The van der Waals surface area contributed by atoms with Crippen LogP contribution in [-0.4, -0.2) is 15.0 Å². The first kappa shape index (κ1) is 17.0. The molecule has 0 bridgehead atoms. The maximum absolute atomic E-state index is 9.39. The van der Waals surface area contributed by atoms with Crippen molar-refractivity contribution in [1.29, 1.82) is 0 Å². The van der Waals surface area contributed by atoms with E-state index in [0.717, 1.165) is 0 Å². The monoisotopic (exact) mass is 642 g/mol. The molecule has 0 atom stereocenters. The van der Waals surface area contributed by atoms with E-state index >= 15 is 0 Å². The molecule has 0 aliphatic heterocycles. The topological polar surface area (TPSA) is 51.8 Å². The molecule has 0 N–H and O–H groups in total. The zero-order chi connectivity index (χ0) is 45.6. The fraction of sp³-hybridized carbons (Fsp3) is 0. The number of rotatable bonds is 6. The van der Waals surface area contributed by atoms with Crippen LogP contribution in [0.15, 0.2) is 180 Å². The summed E-state index contributed by atoms with van der Waals surface area (Å²) in [6, 6.07) is 15.9. The van der Waals surface area contributed by atoms with E-state index in [1.807, 2.05) is 0 Å². The summed E-state index contributed by atoms with van der Waals surface area (Å²) in [7, 11) is 0. The molecule has 4 nitrogen and oxygen atoms in total. The molecule has 0 amide bonds. The average molecular weight is 643 g/mol. The van der Waals surface area contributed by atoms with Crippen LogP contribution in [0.5, 0.6) is 0 Å². The highest BCUT2D eigenvalue weighted by Gasteiger charge is 2.18. The summed E-state index contributed by atoms with van der Waals surface area (Å²) in [5.41, 5.74) is 0.356. The Labute approximate surface area is 305 Å². The predicted molar refractivity (Wildman–Crippen MR) is 200 cm³/mol. The lowest BCUT2D eigenvalue weighted by molar-refractivity contribution is 0.669. The standard InChI is InChI=1S/C45H29N3O/c1-4-11-30(12-5-1)32-19-21-33(22-20-32)34-23-25-36(26-24-34)44-46-43(35-15-8-3-9-16-35)47-45(48-44)38-17-10-18-41-42(38)39-29-37(27-28-40(39)49-41)31-13-6-2-7-14-31/h1-29H/i1D,4D,5D,10D,11D,12D,17D,18D,19D,20D,21D,22D,27D,28D,29D. The number of hydrogen-bond acceptors (Lipinski definition) is 4. The summed E-state index contributed by atoms with van der Waals surface area (Å²) in [5, 5.41) is 0.0792. The van der Waals surface area contributed by atoms with Gasteiger partial charge in [-0.1, -0.05) is 157 Å². The molecule has 7 aromatic carbocycles. The van der Waals surface area contributed by atoms with E-state index in [1.165, 1.54) is 12.1 Å². The molecule has 0 saturated carbocycles. The maximum Gasteiger partial charge on any atom is 0.164 e. The molecule has 0 radical (unpaired) electrons. The van der Waals surface area contributed by atoms with Crippen LogP contribution in [0.3, 0.4) is 0 Å². The Morgan fingerprint density at radius 3 is 1.61 bits per heavy atom. The van der Waals surface area contributed by atoms with E-state index in [0.29, 0.717) is 16.7 Å². The molecular formula is C45H29N3O. The molecule has 49 heavy (non-hydrogen) atoms. The second-order valence-electron chi connectivity index (χ2n) is 10.9. The zero-order valence-electron chi connectivity index (χ0n) is 40.3. The molecular weight excluding hydrogens is 599 g/mol. The number of hydrogen-bond donors (Lipinski definition) is 0. The normalized spacial score (nSPS) is 15.6. The van der Waals surface area contributed by atoms with Gasteiger partial charge in [0.2, 0.25) is 0 Å². The van der Waals surface area contributed by atoms with Crippen LogP contribution >= 0.6 is 0 Å². The Morgan fingerprint density at radius 2 is 0.918 bits per heavy atom. The van der Waals surface area contributed by atoms with Crippen molar-refractivity contribution in [2.24, 2.45) is 0 Å². The summed E-state index contributed by atoms with van der Waals surface area (Å²) in [4.78, 5) is 14.3. The van der Waals surface area contributed by atoms with Crippen molar-refractivity contribution in [1.82, 2.24) is 15.0 Å². The molecule has 0 saturated heterocycles. The van der Waals surface area contributed by atoms with E-state index < -0.39 is 83.6 Å². The van der Waals surface area contributed by atoms with Gasteiger partial charge in [0, 0.05) is 27.5 Å². The van der Waals surface area contributed by atoms with Gasteiger partial charge in [-0.15, -0.1) is 0 Å². The van der Waals surface area contributed by atoms with Crippen molar-refractivity contribution in [2.75, 3.05) is 0 Å².